The molecule has 0 aliphatic heterocycles. The Morgan fingerprint density at radius 2 is 1.81 bits per heavy atom. The molecule has 26 heavy (non-hydrogen) atoms. The summed E-state index contributed by atoms with van der Waals surface area (Å²) in [5.41, 5.74) is 2.77. The molecule has 0 saturated heterocycles. The molecule has 0 bridgehead atoms. The van der Waals surface area contributed by atoms with Crippen LogP contribution < -0.4 is 14.9 Å². The van der Waals surface area contributed by atoms with Crippen molar-refractivity contribution < 1.29 is 19.4 Å². The number of rotatable bonds is 6. The van der Waals surface area contributed by atoms with Crippen molar-refractivity contribution >= 4 is 75.8 Å². The Morgan fingerprint density at radius 3 is 2.50 bits per heavy atom. The maximum absolute atomic E-state index is 11.9. The molecule has 0 aliphatic rings. The number of hydrogen-bond acceptors (Lipinski definition) is 5. The van der Waals surface area contributed by atoms with Crippen LogP contribution in [0.4, 0.5) is 0 Å². The van der Waals surface area contributed by atoms with Crippen LogP contribution in [0.15, 0.2) is 47.3 Å². The largest absolute Gasteiger partial charge is 0.506 e. The van der Waals surface area contributed by atoms with Gasteiger partial charge in [-0.05, 0) is 56.1 Å². The first-order chi connectivity index (χ1) is 12.3. The molecule has 0 heterocycles. The van der Waals surface area contributed by atoms with Crippen molar-refractivity contribution in [1.29, 1.82) is 0 Å². The van der Waals surface area contributed by atoms with Gasteiger partial charge in [0.05, 0.1) is 22.3 Å². The summed E-state index contributed by atoms with van der Waals surface area (Å²) in [5, 5.41) is 13.7. The first-order valence-corrected chi connectivity index (χ1v) is 10.1. The SMILES string of the molecule is COc1cc(Br)cc(Br)c1OCC(=O)NN=Cc1cc(Br)cc(Br)c1O. The predicted molar refractivity (Wildman–Crippen MR) is 113 cm³/mol. The van der Waals surface area contributed by atoms with E-state index in [-0.39, 0.29) is 12.4 Å². The normalized spacial score (nSPS) is 10.8. The monoisotopic (exact) mass is 612 g/mol. The van der Waals surface area contributed by atoms with Gasteiger partial charge in [0.1, 0.15) is 5.75 Å². The first kappa shape index (κ1) is 21.2. The minimum Gasteiger partial charge on any atom is -0.506 e. The highest BCUT2D eigenvalue weighted by Gasteiger charge is 2.13. The molecule has 10 heteroatoms. The molecule has 1 amide bonds. The summed E-state index contributed by atoms with van der Waals surface area (Å²) in [6.45, 7) is -0.262. The molecule has 0 spiro atoms. The number of hydrogen-bond donors (Lipinski definition) is 2. The van der Waals surface area contributed by atoms with E-state index < -0.39 is 5.91 Å². The number of phenolic OH excluding ortho intramolecular Hbond substituents is 1. The van der Waals surface area contributed by atoms with E-state index in [0.717, 1.165) is 8.95 Å². The molecule has 0 aromatic heterocycles. The molecule has 0 aliphatic carbocycles. The maximum atomic E-state index is 11.9. The molecule has 138 valence electrons. The van der Waals surface area contributed by atoms with Crippen LogP contribution in [-0.2, 0) is 4.79 Å². The van der Waals surface area contributed by atoms with Gasteiger partial charge in [-0.15, -0.1) is 0 Å². The standard InChI is InChI=1S/C16H12Br4N2O4/c1-25-13-5-10(18)4-12(20)16(13)26-7-14(23)22-21-6-8-2-9(17)3-11(19)15(8)24/h2-6,24H,7H2,1H3,(H,22,23). The van der Waals surface area contributed by atoms with Gasteiger partial charge in [-0.3, -0.25) is 4.79 Å². The fourth-order valence-electron chi connectivity index (χ4n) is 1.86. The van der Waals surface area contributed by atoms with Crippen LogP contribution in [0.1, 0.15) is 5.56 Å². The van der Waals surface area contributed by atoms with Gasteiger partial charge < -0.3 is 14.6 Å². The second kappa shape index (κ2) is 9.72. The quantitative estimate of drug-likeness (QED) is 0.355. The zero-order valence-corrected chi connectivity index (χ0v) is 19.6. The molecule has 0 saturated carbocycles. The molecule has 0 unspecified atom stereocenters. The smallest absolute Gasteiger partial charge is 0.277 e. The van der Waals surface area contributed by atoms with E-state index in [1.54, 1.807) is 24.3 Å². The molecule has 0 fully saturated rings. The summed E-state index contributed by atoms with van der Waals surface area (Å²) in [6.07, 6.45) is 1.33. The first-order valence-electron chi connectivity index (χ1n) is 6.97. The number of amides is 1. The molecule has 0 atom stereocenters. The Labute approximate surface area is 183 Å². The highest BCUT2D eigenvalue weighted by atomic mass is 79.9. The lowest BCUT2D eigenvalue weighted by molar-refractivity contribution is -0.123. The number of halogens is 4. The Morgan fingerprint density at radius 1 is 1.15 bits per heavy atom. The lowest BCUT2D eigenvalue weighted by Crippen LogP contribution is -2.24. The fraction of sp³-hybridized carbons (Fsp3) is 0.125. The van der Waals surface area contributed by atoms with Crippen molar-refractivity contribution in [2.24, 2.45) is 5.10 Å². The molecule has 2 rings (SSSR count). The van der Waals surface area contributed by atoms with Crippen molar-refractivity contribution in [3.05, 3.63) is 47.7 Å². The van der Waals surface area contributed by atoms with E-state index in [2.05, 4.69) is 74.2 Å². The van der Waals surface area contributed by atoms with Crippen molar-refractivity contribution in [2.45, 2.75) is 0 Å². The van der Waals surface area contributed by atoms with E-state index >= 15 is 0 Å². The van der Waals surface area contributed by atoms with E-state index in [4.69, 9.17) is 9.47 Å². The summed E-state index contributed by atoms with van der Waals surface area (Å²) in [7, 11) is 1.51. The van der Waals surface area contributed by atoms with Crippen LogP contribution in [0.3, 0.4) is 0 Å². The summed E-state index contributed by atoms with van der Waals surface area (Å²) < 4.78 is 13.4. The summed E-state index contributed by atoms with van der Waals surface area (Å²) in [4.78, 5) is 11.9. The molecular formula is C16H12Br4N2O4. The van der Waals surface area contributed by atoms with E-state index in [0.29, 0.717) is 26.0 Å². The molecule has 2 aromatic carbocycles. The predicted octanol–water partition coefficient (Wildman–Crippen LogP) is 4.98. The lowest BCUT2D eigenvalue weighted by Gasteiger charge is -2.12. The van der Waals surface area contributed by atoms with Crippen LogP contribution in [0.2, 0.25) is 0 Å². The molecule has 0 radical (unpaired) electrons. The average molecular weight is 616 g/mol. The number of aromatic hydroxyl groups is 1. The van der Waals surface area contributed by atoms with Crippen LogP contribution in [0, 0.1) is 0 Å². The zero-order chi connectivity index (χ0) is 19.3. The van der Waals surface area contributed by atoms with E-state index in [1.165, 1.54) is 13.3 Å². The minimum atomic E-state index is -0.466. The highest BCUT2D eigenvalue weighted by Crippen LogP contribution is 2.38. The number of benzene rings is 2. The number of ether oxygens (including phenoxy) is 2. The van der Waals surface area contributed by atoms with Crippen molar-refractivity contribution in [1.82, 2.24) is 5.43 Å². The topological polar surface area (TPSA) is 80.2 Å². The Bertz CT molecular complexity index is 859. The number of nitrogens with zero attached hydrogens (tertiary/aromatic N) is 1. The van der Waals surface area contributed by atoms with Crippen LogP contribution in [0.25, 0.3) is 0 Å². The lowest BCUT2D eigenvalue weighted by atomic mass is 10.2. The third-order valence-corrected chi connectivity index (χ3v) is 5.10. The Balaban J connectivity index is 1.98. The van der Waals surface area contributed by atoms with Gasteiger partial charge in [0, 0.05) is 14.5 Å². The number of carbonyl (C=O) groups is 1. The summed E-state index contributed by atoms with van der Waals surface area (Å²) in [5.74, 6) is 0.438. The average Bonchev–Trinajstić information content (AvgIpc) is 2.57. The van der Waals surface area contributed by atoms with Crippen LogP contribution >= 0.6 is 63.7 Å². The molecular weight excluding hydrogens is 604 g/mol. The van der Waals surface area contributed by atoms with Crippen LogP contribution in [0.5, 0.6) is 17.2 Å². The maximum Gasteiger partial charge on any atom is 0.277 e. The van der Waals surface area contributed by atoms with Gasteiger partial charge in [0.2, 0.25) is 0 Å². The number of methoxy groups -OCH3 is 1. The third-order valence-electron chi connectivity index (χ3n) is 2.99. The van der Waals surface area contributed by atoms with Gasteiger partial charge >= 0.3 is 0 Å². The summed E-state index contributed by atoms with van der Waals surface area (Å²) >= 11 is 13.2. The summed E-state index contributed by atoms with van der Waals surface area (Å²) in [6, 6.07) is 6.87. The number of nitrogens with one attached hydrogen (secondary N) is 1. The van der Waals surface area contributed by atoms with Crippen molar-refractivity contribution in [3.8, 4) is 17.2 Å². The van der Waals surface area contributed by atoms with E-state index in [9.17, 15) is 9.90 Å². The number of hydrazone groups is 1. The zero-order valence-electron chi connectivity index (χ0n) is 13.2. The van der Waals surface area contributed by atoms with Crippen molar-refractivity contribution in [2.75, 3.05) is 13.7 Å². The highest BCUT2D eigenvalue weighted by molar-refractivity contribution is 9.11. The number of phenols is 1. The van der Waals surface area contributed by atoms with Crippen LogP contribution in [-0.4, -0.2) is 30.9 Å². The molecule has 2 N–H and O–H groups in total. The number of carbonyl (C=O) groups excluding carboxylic acids is 1. The van der Waals surface area contributed by atoms with Gasteiger partial charge in [0.25, 0.3) is 5.91 Å². The van der Waals surface area contributed by atoms with Gasteiger partial charge in [-0.2, -0.15) is 5.10 Å². The van der Waals surface area contributed by atoms with Crippen molar-refractivity contribution in [3.63, 3.8) is 0 Å². The Hall–Kier alpha value is -1.10. The second-order valence-electron chi connectivity index (χ2n) is 4.83. The third kappa shape index (κ3) is 5.70. The van der Waals surface area contributed by atoms with E-state index in [1.807, 2.05) is 0 Å². The second-order valence-corrected chi connectivity index (χ2v) is 8.37. The van der Waals surface area contributed by atoms with Gasteiger partial charge in [-0.1, -0.05) is 31.9 Å². The molecule has 6 nitrogen and oxygen atoms in total. The Kier molecular flexibility index (Phi) is 7.93. The minimum absolute atomic E-state index is 0.0194. The fourth-order valence-corrected chi connectivity index (χ4v) is 4.42. The van der Waals surface area contributed by atoms with Gasteiger partial charge in [0.15, 0.2) is 18.1 Å². The molecule has 2 aromatic rings. The van der Waals surface area contributed by atoms with Gasteiger partial charge in [-0.25, -0.2) is 5.43 Å².